The lowest BCUT2D eigenvalue weighted by Gasteiger charge is -2.03. The number of aliphatic hydroxyl groups excluding tert-OH is 1. The lowest BCUT2D eigenvalue weighted by molar-refractivity contribution is 0.210. The quantitative estimate of drug-likeness (QED) is 0.616. The Labute approximate surface area is 68.4 Å². The summed E-state index contributed by atoms with van der Waals surface area (Å²) < 4.78 is 0. The lowest BCUT2D eigenvalue weighted by Crippen LogP contribution is -2.03. The molecule has 0 bridgehead atoms. The Morgan fingerprint density at radius 3 is 3.00 bits per heavy atom. The summed E-state index contributed by atoms with van der Waals surface area (Å²) in [6.45, 7) is 2.12. The molecule has 1 atom stereocenters. The van der Waals surface area contributed by atoms with Gasteiger partial charge in [-0.05, 0) is 31.3 Å². The van der Waals surface area contributed by atoms with E-state index >= 15 is 0 Å². The van der Waals surface area contributed by atoms with E-state index in [1.807, 2.05) is 0 Å². The van der Waals surface area contributed by atoms with Crippen LogP contribution in [0.4, 0.5) is 0 Å². The predicted octanol–water partition coefficient (Wildman–Crippen LogP) is 2.42. The van der Waals surface area contributed by atoms with Crippen molar-refractivity contribution in [2.75, 3.05) is 0 Å². The largest absolute Gasteiger partial charge is 0.389 e. The summed E-state index contributed by atoms with van der Waals surface area (Å²) >= 11 is 0. The van der Waals surface area contributed by atoms with E-state index in [1.54, 1.807) is 0 Å². The highest BCUT2D eigenvalue weighted by atomic mass is 16.3. The van der Waals surface area contributed by atoms with E-state index in [2.05, 4.69) is 25.2 Å². The Balaban J connectivity index is 2.31. The first-order valence-corrected chi connectivity index (χ1v) is 4.36. The van der Waals surface area contributed by atoms with E-state index in [-0.39, 0.29) is 6.10 Å². The molecule has 1 rings (SSSR count). The third-order valence-corrected chi connectivity index (χ3v) is 2.03. The molecule has 0 unspecified atom stereocenters. The summed E-state index contributed by atoms with van der Waals surface area (Å²) in [4.78, 5) is 0. The Hall–Kier alpha value is -0.560. The standard InChI is InChI=1S/C10H16O/c1-2-3-4-6-9-7-5-8-10(9)11/h3-4,7,10-11H,2,5-6,8H2,1H3/t10-/m1/s1. The van der Waals surface area contributed by atoms with Gasteiger partial charge in [-0.1, -0.05) is 25.2 Å². The van der Waals surface area contributed by atoms with Crippen molar-refractivity contribution < 1.29 is 5.11 Å². The highest BCUT2D eigenvalue weighted by Crippen LogP contribution is 2.21. The maximum absolute atomic E-state index is 9.39. The molecule has 1 aliphatic rings. The third kappa shape index (κ3) is 2.51. The number of allylic oxidation sites excluding steroid dienone is 3. The van der Waals surface area contributed by atoms with Gasteiger partial charge in [-0.15, -0.1) is 0 Å². The Bertz CT molecular complexity index is 168. The normalized spacial score (nSPS) is 24.5. The van der Waals surface area contributed by atoms with Gasteiger partial charge in [0.05, 0.1) is 6.10 Å². The molecule has 0 saturated heterocycles. The number of aliphatic hydroxyl groups is 1. The van der Waals surface area contributed by atoms with Crippen LogP contribution in [0, 0.1) is 0 Å². The monoisotopic (exact) mass is 152 g/mol. The lowest BCUT2D eigenvalue weighted by atomic mass is 10.1. The summed E-state index contributed by atoms with van der Waals surface area (Å²) in [5, 5.41) is 9.39. The minimum atomic E-state index is -0.156. The fourth-order valence-electron chi connectivity index (χ4n) is 1.35. The molecule has 1 heteroatoms. The van der Waals surface area contributed by atoms with Crippen LogP contribution in [0.3, 0.4) is 0 Å². The summed E-state index contributed by atoms with van der Waals surface area (Å²) in [5.41, 5.74) is 1.20. The Morgan fingerprint density at radius 2 is 2.45 bits per heavy atom. The van der Waals surface area contributed by atoms with Crippen LogP contribution in [0.5, 0.6) is 0 Å². The molecule has 1 nitrogen and oxygen atoms in total. The molecule has 0 fully saturated rings. The van der Waals surface area contributed by atoms with Crippen molar-refractivity contribution in [3.63, 3.8) is 0 Å². The second-order valence-corrected chi connectivity index (χ2v) is 2.96. The molecule has 11 heavy (non-hydrogen) atoms. The molecule has 0 radical (unpaired) electrons. The van der Waals surface area contributed by atoms with Crippen molar-refractivity contribution in [2.45, 2.75) is 38.7 Å². The highest BCUT2D eigenvalue weighted by molar-refractivity contribution is 5.16. The van der Waals surface area contributed by atoms with Crippen molar-refractivity contribution in [1.29, 1.82) is 0 Å². The van der Waals surface area contributed by atoms with Gasteiger partial charge in [0.1, 0.15) is 0 Å². The van der Waals surface area contributed by atoms with Gasteiger partial charge in [-0.25, -0.2) is 0 Å². The van der Waals surface area contributed by atoms with E-state index in [0.717, 1.165) is 25.7 Å². The van der Waals surface area contributed by atoms with Gasteiger partial charge in [0.2, 0.25) is 0 Å². The van der Waals surface area contributed by atoms with Crippen molar-refractivity contribution >= 4 is 0 Å². The van der Waals surface area contributed by atoms with Crippen LogP contribution in [0.1, 0.15) is 32.6 Å². The highest BCUT2D eigenvalue weighted by Gasteiger charge is 2.13. The van der Waals surface area contributed by atoms with Crippen molar-refractivity contribution in [3.05, 3.63) is 23.8 Å². The van der Waals surface area contributed by atoms with Gasteiger partial charge < -0.3 is 5.11 Å². The van der Waals surface area contributed by atoms with E-state index in [1.165, 1.54) is 5.57 Å². The molecule has 0 amide bonds. The molecule has 0 aromatic carbocycles. The molecule has 0 aromatic rings. The fourth-order valence-corrected chi connectivity index (χ4v) is 1.35. The molecular weight excluding hydrogens is 136 g/mol. The maximum atomic E-state index is 9.39. The maximum Gasteiger partial charge on any atom is 0.0756 e. The summed E-state index contributed by atoms with van der Waals surface area (Å²) in [6.07, 6.45) is 10.3. The Morgan fingerprint density at radius 1 is 1.64 bits per heavy atom. The molecule has 1 N–H and O–H groups in total. The van der Waals surface area contributed by atoms with Gasteiger partial charge >= 0.3 is 0 Å². The minimum absolute atomic E-state index is 0.156. The molecule has 62 valence electrons. The van der Waals surface area contributed by atoms with Gasteiger partial charge in [0, 0.05) is 0 Å². The van der Waals surface area contributed by atoms with Crippen LogP contribution < -0.4 is 0 Å². The first-order valence-electron chi connectivity index (χ1n) is 4.36. The molecule has 0 spiro atoms. The second kappa shape index (κ2) is 4.35. The van der Waals surface area contributed by atoms with Crippen molar-refractivity contribution in [3.8, 4) is 0 Å². The zero-order chi connectivity index (χ0) is 8.10. The molecule has 0 heterocycles. The van der Waals surface area contributed by atoms with Gasteiger partial charge in [-0.3, -0.25) is 0 Å². The molecule has 0 aliphatic heterocycles. The van der Waals surface area contributed by atoms with E-state index in [4.69, 9.17) is 0 Å². The predicted molar refractivity (Wildman–Crippen MR) is 47.4 cm³/mol. The van der Waals surface area contributed by atoms with Crippen molar-refractivity contribution in [1.82, 2.24) is 0 Å². The summed E-state index contributed by atoms with van der Waals surface area (Å²) in [7, 11) is 0. The molecule has 1 aliphatic carbocycles. The molecule has 0 aromatic heterocycles. The smallest absolute Gasteiger partial charge is 0.0756 e. The van der Waals surface area contributed by atoms with E-state index in [0.29, 0.717) is 0 Å². The van der Waals surface area contributed by atoms with Crippen molar-refractivity contribution in [2.24, 2.45) is 0 Å². The third-order valence-electron chi connectivity index (χ3n) is 2.03. The number of hydrogen-bond donors (Lipinski definition) is 1. The van der Waals surface area contributed by atoms with Crippen LogP contribution in [-0.4, -0.2) is 11.2 Å². The van der Waals surface area contributed by atoms with E-state index in [9.17, 15) is 5.11 Å². The van der Waals surface area contributed by atoms with Crippen LogP contribution in [0.25, 0.3) is 0 Å². The van der Waals surface area contributed by atoms with Crippen LogP contribution in [0.2, 0.25) is 0 Å². The summed E-state index contributed by atoms with van der Waals surface area (Å²) in [6, 6.07) is 0. The number of rotatable bonds is 3. The fraction of sp³-hybridized carbons (Fsp3) is 0.600. The van der Waals surface area contributed by atoms with Gasteiger partial charge in [0.15, 0.2) is 0 Å². The summed E-state index contributed by atoms with van der Waals surface area (Å²) in [5.74, 6) is 0. The topological polar surface area (TPSA) is 20.2 Å². The average molecular weight is 152 g/mol. The average Bonchev–Trinajstić information content (AvgIpc) is 2.37. The first-order chi connectivity index (χ1) is 5.34. The van der Waals surface area contributed by atoms with Crippen LogP contribution >= 0.6 is 0 Å². The minimum Gasteiger partial charge on any atom is -0.389 e. The van der Waals surface area contributed by atoms with Crippen LogP contribution in [-0.2, 0) is 0 Å². The van der Waals surface area contributed by atoms with Crippen LogP contribution in [0.15, 0.2) is 23.8 Å². The molecule has 0 saturated carbocycles. The molecular formula is C10H16O. The zero-order valence-corrected chi connectivity index (χ0v) is 7.09. The zero-order valence-electron chi connectivity index (χ0n) is 7.09. The first kappa shape index (κ1) is 8.54. The second-order valence-electron chi connectivity index (χ2n) is 2.96. The van der Waals surface area contributed by atoms with Gasteiger partial charge in [0.25, 0.3) is 0 Å². The van der Waals surface area contributed by atoms with E-state index < -0.39 is 0 Å². The number of hydrogen-bond acceptors (Lipinski definition) is 1. The van der Waals surface area contributed by atoms with Gasteiger partial charge in [-0.2, -0.15) is 0 Å². The Kier molecular flexibility index (Phi) is 3.37. The SMILES string of the molecule is CCC=CCC1=CCC[C@H]1O.